The second-order valence-electron chi connectivity index (χ2n) is 6.71. The SMILES string of the molecule is CCOc1ccc(/C=C/C(=O)NC(=S)Nc2ccc(S(=O)(=O)NCc3ccco3)cc2)cc1. The maximum Gasteiger partial charge on any atom is 0.250 e. The highest BCUT2D eigenvalue weighted by Gasteiger charge is 2.14. The third-order valence-corrected chi connectivity index (χ3v) is 5.92. The summed E-state index contributed by atoms with van der Waals surface area (Å²) in [5, 5.41) is 5.47. The van der Waals surface area contributed by atoms with Crippen LogP contribution in [0.1, 0.15) is 18.2 Å². The molecular weight excluding hydrogens is 462 g/mol. The molecule has 2 aromatic carbocycles. The van der Waals surface area contributed by atoms with Crippen molar-refractivity contribution in [2.45, 2.75) is 18.4 Å². The quantitative estimate of drug-likeness (QED) is 0.313. The fraction of sp³-hybridized carbons (Fsp3) is 0.130. The average Bonchev–Trinajstić information content (AvgIpc) is 3.32. The Morgan fingerprint density at radius 3 is 2.45 bits per heavy atom. The molecule has 0 saturated heterocycles. The van der Waals surface area contributed by atoms with Gasteiger partial charge in [-0.2, -0.15) is 0 Å². The first-order valence-corrected chi connectivity index (χ1v) is 11.9. The summed E-state index contributed by atoms with van der Waals surface area (Å²) in [5.74, 6) is 0.869. The summed E-state index contributed by atoms with van der Waals surface area (Å²) in [5.41, 5.74) is 1.37. The van der Waals surface area contributed by atoms with E-state index in [0.717, 1.165) is 11.3 Å². The van der Waals surface area contributed by atoms with E-state index in [9.17, 15) is 13.2 Å². The number of furan rings is 1. The Kier molecular flexibility index (Phi) is 8.36. The molecule has 0 atom stereocenters. The minimum absolute atomic E-state index is 0.0512. The standard InChI is InChI=1S/C23H23N3O5S2/c1-2-30-19-10-5-17(6-11-19)7-14-22(27)26-23(32)25-18-8-12-21(13-9-18)33(28,29)24-16-20-4-3-15-31-20/h3-15,24H,2,16H2,1H3,(H2,25,26,27,32)/b14-7+. The summed E-state index contributed by atoms with van der Waals surface area (Å²) in [6.45, 7) is 2.55. The third-order valence-electron chi connectivity index (χ3n) is 4.29. The Labute approximate surface area is 197 Å². The second kappa shape index (κ2) is 11.4. The Morgan fingerprint density at radius 1 is 1.09 bits per heavy atom. The number of nitrogens with one attached hydrogen (secondary N) is 3. The monoisotopic (exact) mass is 485 g/mol. The van der Waals surface area contributed by atoms with Crippen LogP contribution in [0.25, 0.3) is 6.08 Å². The molecular formula is C23H23N3O5S2. The van der Waals surface area contributed by atoms with E-state index in [1.807, 2.05) is 31.2 Å². The van der Waals surface area contributed by atoms with Crippen LogP contribution in [0.3, 0.4) is 0 Å². The molecule has 33 heavy (non-hydrogen) atoms. The topological polar surface area (TPSA) is 110 Å². The number of sulfonamides is 1. The molecule has 172 valence electrons. The fourth-order valence-electron chi connectivity index (χ4n) is 2.71. The number of ether oxygens (including phenoxy) is 1. The lowest BCUT2D eigenvalue weighted by atomic mass is 10.2. The van der Waals surface area contributed by atoms with Crippen LogP contribution in [0, 0.1) is 0 Å². The first-order chi connectivity index (χ1) is 15.9. The highest BCUT2D eigenvalue weighted by Crippen LogP contribution is 2.15. The number of amides is 1. The smallest absolute Gasteiger partial charge is 0.250 e. The lowest BCUT2D eigenvalue weighted by Gasteiger charge is -2.10. The molecule has 1 aromatic heterocycles. The molecule has 1 amide bonds. The van der Waals surface area contributed by atoms with Crippen LogP contribution in [0.5, 0.6) is 5.75 Å². The maximum atomic E-state index is 12.4. The van der Waals surface area contributed by atoms with Crippen molar-refractivity contribution in [1.29, 1.82) is 0 Å². The van der Waals surface area contributed by atoms with E-state index in [2.05, 4.69) is 15.4 Å². The molecule has 8 nitrogen and oxygen atoms in total. The van der Waals surface area contributed by atoms with Crippen LogP contribution >= 0.6 is 12.2 Å². The van der Waals surface area contributed by atoms with Gasteiger partial charge in [0, 0.05) is 11.8 Å². The number of thiocarbonyl (C=S) groups is 1. The van der Waals surface area contributed by atoms with Gasteiger partial charge in [0.15, 0.2) is 5.11 Å². The Morgan fingerprint density at radius 2 is 1.82 bits per heavy atom. The Balaban J connectivity index is 1.50. The Hall–Kier alpha value is -3.47. The van der Waals surface area contributed by atoms with Crippen LogP contribution in [-0.2, 0) is 21.4 Å². The zero-order valence-corrected chi connectivity index (χ0v) is 19.4. The van der Waals surface area contributed by atoms with Crippen LogP contribution in [-0.4, -0.2) is 26.0 Å². The fourth-order valence-corrected chi connectivity index (χ4v) is 3.92. The van der Waals surface area contributed by atoms with Crippen molar-refractivity contribution in [2.75, 3.05) is 11.9 Å². The van der Waals surface area contributed by atoms with Crippen molar-refractivity contribution in [2.24, 2.45) is 0 Å². The molecule has 3 N–H and O–H groups in total. The molecule has 0 fully saturated rings. The molecule has 0 aliphatic heterocycles. The van der Waals surface area contributed by atoms with Crippen LogP contribution in [0.4, 0.5) is 5.69 Å². The summed E-state index contributed by atoms with van der Waals surface area (Å²) in [6, 6.07) is 16.7. The maximum absolute atomic E-state index is 12.4. The number of hydrogen-bond donors (Lipinski definition) is 3. The van der Waals surface area contributed by atoms with Crippen LogP contribution < -0.4 is 20.1 Å². The van der Waals surface area contributed by atoms with Crippen LogP contribution in [0.15, 0.2) is 82.3 Å². The molecule has 0 unspecified atom stereocenters. The first-order valence-electron chi connectivity index (χ1n) is 10.0. The third kappa shape index (κ3) is 7.56. The number of rotatable bonds is 9. The largest absolute Gasteiger partial charge is 0.494 e. The Bertz CT molecular complexity index is 1200. The summed E-state index contributed by atoms with van der Waals surface area (Å²) in [7, 11) is -3.70. The number of carbonyl (C=O) groups is 1. The molecule has 0 spiro atoms. The molecule has 0 saturated carbocycles. The lowest BCUT2D eigenvalue weighted by molar-refractivity contribution is -0.115. The van der Waals surface area contributed by atoms with Gasteiger partial charge < -0.3 is 14.5 Å². The summed E-state index contributed by atoms with van der Waals surface area (Å²) >= 11 is 5.15. The number of hydrogen-bond acceptors (Lipinski definition) is 6. The second-order valence-corrected chi connectivity index (χ2v) is 8.88. The summed E-state index contributed by atoms with van der Waals surface area (Å²) in [6.07, 6.45) is 4.49. The highest BCUT2D eigenvalue weighted by atomic mass is 32.2. The van der Waals surface area contributed by atoms with E-state index in [1.165, 1.54) is 24.5 Å². The van der Waals surface area contributed by atoms with E-state index >= 15 is 0 Å². The lowest BCUT2D eigenvalue weighted by Crippen LogP contribution is -2.32. The number of anilines is 1. The van der Waals surface area contributed by atoms with E-state index in [4.69, 9.17) is 21.4 Å². The summed E-state index contributed by atoms with van der Waals surface area (Å²) < 4.78 is 37.7. The normalized spacial score (nSPS) is 11.3. The number of benzene rings is 2. The molecule has 0 radical (unpaired) electrons. The van der Waals surface area contributed by atoms with Gasteiger partial charge in [0.1, 0.15) is 11.5 Å². The van der Waals surface area contributed by atoms with Crippen molar-refractivity contribution in [3.05, 3.63) is 84.3 Å². The van der Waals surface area contributed by atoms with Gasteiger partial charge in [-0.15, -0.1) is 0 Å². The van der Waals surface area contributed by atoms with Gasteiger partial charge in [0.05, 0.1) is 24.3 Å². The molecule has 10 heteroatoms. The van der Waals surface area contributed by atoms with Crippen molar-refractivity contribution in [3.63, 3.8) is 0 Å². The van der Waals surface area contributed by atoms with Gasteiger partial charge in [0.25, 0.3) is 0 Å². The highest BCUT2D eigenvalue weighted by molar-refractivity contribution is 7.89. The van der Waals surface area contributed by atoms with E-state index in [-0.39, 0.29) is 16.6 Å². The van der Waals surface area contributed by atoms with Gasteiger partial charge in [-0.05, 0) is 79.3 Å². The molecule has 0 aliphatic rings. The van der Waals surface area contributed by atoms with Crippen molar-refractivity contribution >= 4 is 45.0 Å². The summed E-state index contributed by atoms with van der Waals surface area (Å²) in [4.78, 5) is 12.2. The minimum atomic E-state index is -3.70. The van der Waals surface area contributed by atoms with Gasteiger partial charge in [-0.25, -0.2) is 13.1 Å². The van der Waals surface area contributed by atoms with E-state index < -0.39 is 15.9 Å². The molecule has 3 aromatic rings. The predicted molar refractivity (Wildman–Crippen MR) is 130 cm³/mol. The molecule has 0 bridgehead atoms. The zero-order chi connectivity index (χ0) is 23.7. The van der Waals surface area contributed by atoms with Gasteiger partial charge >= 0.3 is 0 Å². The average molecular weight is 486 g/mol. The van der Waals surface area contributed by atoms with Gasteiger partial charge in [-0.3, -0.25) is 10.1 Å². The predicted octanol–water partition coefficient (Wildman–Crippen LogP) is 3.68. The molecule has 0 aliphatic carbocycles. The van der Waals surface area contributed by atoms with E-state index in [1.54, 1.807) is 30.3 Å². The molecule has 1 heterocycles. The zero-order valence-electron chi connectivity index (χ0n) is 17.8. The van der Waals surface area contributed by atoms with Crippen molar-refractivity contribution in [3.8, 4) is 5.75 Å². The van der Waals surface area contributed by atoms with Crippen molar-refractivity contribution in [1.82, 2.24) is 10.0 Å². The minimum Gasteiger partial charge on any atom is -0.494 e. The van der Waals surface area contributed by atoms with Crippen molar-refractivity contribution < 1.29 is 22.4 Å². The molecule has 3 rings (SSSR count). The van der Waals surface area contributed by atoms with E-state index in [0.29, 0.717) is 18.1 Å². The van der Waals surface area contributed by atoms with Gasteiger partial charge in [-0.1, -0.05) is 12.1 Å². The first kappa shape index (κ1) is 24.2. The van der Waals surface area contributed by atoms with Crippen LogP contribution in [0.2, 0.25) is 0 Å². The van der Waals surface area contributed by atoms with Gasteiger partial charge in [0.2, 0.25) is 15.9 Å². The number of carbonyl (C=O) groups excluding carboxylic acids is 1.